The first-order valence-corrected chi connectivity index (χ1v) is 7.71. The van der Waals surface area contributed by atoms with Crippen molar-refractivity contribution < 1.29 is 5.11 Å². The molecule has 0 amide bonds. The van der Waals surface area contributed by atoms with Gasteiger partial charge >= 0.3 is 0 Å². The predicted molar refractivity (Wildman–Crippen MR) is 84.4 cm³/mol. The molecule has 1 heterocycles. The fourth-order valence-electron chi connectivity index (χ4n) is 2.70. The van der Waals surface area contributed by atoms with Crippen molar-refractivity contribution in [2.75, 3.05) is 19.6 Å². The Hall–Kier alpha value is -0.320. The summed E-state index contributed by atoms with van der Waals surface area (Å²) in [6, 6.07) is 6.06. The number of nitrogens with one attached hydrogen (secondary N) is 1. The fraction of sp³-hybridized carbons (Fsp3) is 0.600. The third-order valence-corrected chi connectivity index (χ3v) is 3.89. The van der Waals surface area contributed by atoms with Crippen molar-refractivity contribution in [2.45, 2.75) is 38.5 Å². The number of benzene rings is 1. The summed E-state index contributed by atoms with van der Waals surface area (Å²) in [7, 11) is 0. The molecule has 3 nitrogen and oxygen atoms in total. The highest BCUT2D eigenvalue weighted by molar-refractivity contribution is 6.34. The third-order valence-electron chi connectivity index (χ3n) is 3.45. The topological polar surface area (TPSA) is 35.5 Å². The van der Waals surface area contributed by atoms with Crippen LogP contribution in [0.2, 0.25) is 10.0 Å². The van der Waals surface area contributed by atoms with E-state index in [1.54, 1.807) is 6.07 Å². The highest BCUT2D eigenvalue weighted by atomic mass is 35.5. The molecule has 5 heteroatoms. The zero-order valence-corrected chi connectivity index (χ0v) is 13.5. The van der Waals surface area contributed by atoms with Crippen LogP contribution in [-0.2, 0) is 6.54 Å². The van der Waals surface area contributed by atoms with Crippen LogP contribution in [0.15, 0.2) is 18.2 Å². The first kappa shape index (κ1) is 16.1. The molecule has 0 bridgehead atoms. The van der Waals surface area contributed by atoms with Crippen LogP contribution >= 0.6 is 23.2 Å². The molecule has 2 N–H and O–H groups in total. The first-order chi connectivity index (χ1) is 9.33. The van der Waals surface area contributed by atoms with Crippen molar-refractivity contribution in [1.82, 2.24) is 10.2 Å². The molecule has 0 saturated carbocycles. The van der Waals surface area contributed by atoms with Gasteiger partial charge in [-0.3, -0.25) is 4.90 Å². The van der Waals surface area contributed by atoms with Gasteiger partial charge in [-0.2, -0.15) is 0 Å². The van der Waals surface area contributed by atoms with E-state index >= 15 is 0 Å². The Morgan fingerprint density at radius 1 is 1.30 bits per heavy atom. The van der Waals surface area contributed by atoms with Crippen LogP contribution in [-0.4, -0.2) is 41.3 Å². The predicted octanol–water partition coefficient (Wildman–Crippen LogP) is 2.93. The highest BCUT2D eigenvalue weighted by Gasteiger charge is 2.27. The second-order valence-corrected chi connectivity index (χ2v) is 7.01. The molecule has 0 aromatic heterocycles. The van der Waals surface area contributed by atoms with E-state index in [2.05, 4.69) is 10.2 Å². The normalized spacial score (nSPS) is 19.8. The number of hydrogen-bond donors (Lipinski definition) is 2. The average molecular weight is 317 g/mol. The van der Waals surface area contributed by atoms with Gasteiger partial charge in [-0.05, 0) is 50.6 Å². The summed E-state index contributed by atoms with van der Waals surface area (Å²) < 4.78 is 0. The van der Waals surface area contributed by atoms with E-state index in [1.807, 2.05) is 26.0 Å². The molecular weight excluding hydrogens is 295 g/mol. The van der Waals surface area contributed by atoms with Crippen molar-refractivity contribution in [1.29, 1.82) is 0 Å². The molecule has 20 heavy (non-hydrogen) atoms. The van der Waals surface area contributed by atoms with E-state index in [-0.39, 0.29) is 0 Å². The van der Waals surface area contributed by atoms with Crippen LogP contribution in [0.4, 0.5) is 0 Å². The summed E-state index contributed by atoms with van der Waals surface area (Å²) in [6.07, 6.45) is 1.10. The number of halogens is 2. The molecule has 1 aromatic rings. The van der Waals surface area contributed by atoms with E-state index in [9.17, 15) is 5.11 Å². The number of nitrogens with zero attached hydrogens (tertiary/aromatic N) is 1. The number of aliphatic hydroxyl groups is 1. The Kier molecular flexibility index (Phi) is 5.32. The van der Waals surface area contributed by atoms with E-state index in [0.29, 0.717) is 22.6 Å². The van der Waals surface area contributed by atoms with Gasteiger partial charge in [0.05, 0.1) is 5.60 Å². The lowest BCUT2D eigenvalue weighted by Crippen LogP contribution is -2.44. The van der Waals surface area contributed by atoms with E-state index in [4.69, 9.17) is 23.2 Å². The van der Waals surface area contributed by atoms with Crippen molar-refractivity contribution >= 4 is 23.2 Å². The minimum Gasteiger partial charge on any atom is -0.389 e. The van der Waals surface area contributed by atoms with Gasteiger partial charge in [0, 0.05) is 35.7 Å². The number of rotatable bonds is 5. The summed E-state index contributed by atoms with van der Waals surface area (Å²) in [5, 5.41) is 14.8. The Bertz CT molecular complexity index is 433. The van der Waals surface area contributed by atoms with Gasteiger partial charge < -0.3 is 10.4 Å². The van der Waals surface area contributed by atoms with Gasteiger partial charge in [0.15, 0.2) is 0 Å². The Morgan fingerprint density at radius 3 is 2.45 bits per heavy atom. The lowest BCUT2D eigenvalue weighted by atomic mass is 10.1. The lowest BCUT2D eigenvalue weighted by Gasteiger charge is -2.33. The molecule has 0 radical (unpaired) electrons. The maximum Gasteiger partial charge on any atom is 0.0718 e. The Labute approximate surface area is 130 Å². The summed E-state index contributed by atoms with van der Waals surface area (Å²) in [5.74, 6) is 0. The number of hydrogen-bond acceptors (Lipinski definition) is 3. The largest absolute Gasteiger partial charge is 0.389 e. The monoisotopic (exact) mass is 316 g/mol. The molecule has 1 saturated heterocycles. The van der Waals surface area contributed by atoms with Crippen LogP contribution in [0.3, 0.4) is 0 Å². The SMILES string of the molecule is CC(C)(O)CN(Cc1cc(Cl)cc(Cl)c1)[C@H]1CCNC1. The molecule has 0 spiro atoms. The Balaban J connectivity index is 2.13. The van der Waals surface area contributed by atoms with Gasteiger partial charge in [-0.15, -0.1) is 0 Å². The summed E-state index contributed by atoms with van der Waals surface area (Å²) >= 11 is 12.1. The van der Waals surface area contributed by atoms with Gasteiger partial charge in [0.2, 0.25) is 0 Å². The zero-order valence-electron chi connectivity index (χ0n) is 12.0. The molecule has 1 atom stereocenters. The first-order valence-electron chi connectivity index (χ1n) is 6.95. The standard InChI is InChI=1S/C15H22Cl2N2O/c1-15(2,20)10-19(14-3-4-18-8-14)9-11-5-12(16)7-13(17)6-11/h5-7,14,18,20H,3-4,8-10H2,1-2H3/t14-/m0/s1. The maximum atomic E-state index is 10.1. The van der Waals surface area contributed by atoms with Crippen molar-refractivity contribution in [3.63, 3.8) is 0 Å². The second kappa shape index (κ2) is 6.63. The van der Waals surface area contributed by atoms with Crippen LogP contribution in [0.5, 0.6) is 0 Å². The molecule has 1 aliphatic rings. The van der Waals surface area contributed by atoms with Gasteiger partial charge in [-0.1, -0.05) is 23.2 Å². The maximum absolute atomic E-state index is 10.1. The van der Waals surface area contributed by atoms with Crippen molar-refractivity contribution in [3.05, 3.63) is 33.8 Å². The van der Waals surface area contributed by atoms with Crippen LogP contribution in [0.1, 0.15) is 25.8 Å². The van der Waals surface area contributed by atoms with Gasteiger partial charge in [0.25, 0.3) is 0 Å². The second-order valence-electron chi connectivity index (χ2n) is 6.14. The van der Waals surface area contributed by atoms with E-state index in [0.717, 1.165) is 31.6 Å². The molecule has 1 fully saturated rings. The van der Waals surface area contributed by atoms with E-state index in [1.165, 1.54) is 0 Å². The molecule has 0 aliphatic carbocycles. The van der Waals surface area contributed by atoms with Crippen molar-refractivity contribution in [3.8, 4) is 0 Å². The van der Waals surface area contributed by atoms with Crippen molar-refractivity contribution in [2.24, 2.45) is 0 Å². The summed E-state index contributed by atoms with van der Waals surface area (Å²) in [4.78, 5) is 2.31. The van der Waals surface area contributed by atoms with Crippen LogP contribution in [0.25, 0.3) is 0 Å². The molecular formula is C15H22Cl2N2O. The zero-order chi connectivity index (χ0) is 14.8. The molecule has 112 valence electrons. The highest BCUT2D eigenvalue weighted by Crippen LogP contribution is 2.22. The molecule has 2 rings (SSSR count). The summed E-state index contributed by atoms with van der Waals surface area (Å²) in [6.45, 7) is 7.05. The third kappa shape index (κ3) is 4.90. The smallest absolute Gasteiger partial charge is 0.0718 e. The fourth-order valence-corrected chi connectivity index (χ4v) is 3.27. The quantitative estimate of drug-likeness (QED) is 0.876. The Morgan fingerprint density at radius 2 is 1.95 bits per heavy atom. The van der Waals surface area contributed by atoms with Gasteiger partial charge in [-0.25, -0.2) is 0 Å². The lowest BCUT2D eigenvalue weighted by molar-refractivity contribution is 0.0200. The van der Waals surface area contributed by atoms with Crippen LogP contribution < -0.4 is 5.32 Å². The molecule has 1 aliphatic heterocycles. The summed E-state index contributed by atoms with van der Waals surface area (Å²) in [5.41, 5.74) is 0.365. The minimum absolute atomic E-state index is 0.444. The minimum atomic E-state index is -0.717. The van der Waals surface area contributed by atoms with Crippen LogP contribution in [0, 0.1) is 0 Å². The molecule has 0 unspecified atom stereocenters. The van der Waals surface area contributed by atoms with Gasteiger partial charge in [0.1, 0.15) is 0 Å². The van der Waals surface area contributed by atoms with E-state index < -0.39 is 5.60 Å². The average Bonchev–Trinajstić information content (AvgIpc) is 2.77. The molecule has 1 aromatic carbocycles.